The molecule has 0 radical (unpaired) electrons. The molecule has 0 atom stereocenters. The number of nitrogens with one attached hydrogen (secondary N) is 2. The summed E-state index contributed by atoms with van der Waals surface area (Å²) in [6, 6.07) is 8.18. The molecule has 342 valence electrons. The fourth-order valence-corrected chi connectivity index (χ4v) is 9.41. The normalized spacial score (nSPS) is 13.3. The lowest BCUT2D eigenvalue weighted by molar-refractivity contribution is -0.130. The molecule has 19 nitrogen and oxygen atoms in total. The maximum Gasteiger partial charge on any atom is 0.276 e. The van der Waals surface area contributed by atoms with Gasteiger partial charge in [0.25, 0.3) is 11.8 Å². The summed E-state index contributed by atoms with van der Waals surface area (Å²) in [4.78, 5) is 83.8. The van der Waals surface area contributed by atoms with E-state index in [9.17, 15) is 24.0 Å². The van der Waals surface area contributed by atoms with Crippen LogP contribution >= 0.6 is 23.1 Å². The average Bonchev–Trinajstić information content (AvgIpc) is 4.05. The van der Waals surface area contributed by atoms with E-state index in [1.807, 2.05) is 55.6 Å². The summed E-state index contributed by atoms with van der Waals surface area (Å²) < 4.78 is 11.7. The lowest BCUT2D eigenvalue weighted by Crippen LogP contribution is -2.48. The summed E-state index contributed by atoms with van der Waals surface area (Å²) in [6.45, 7) is 13.9. The van der Waals surface area contributed by atoms with Crippen LogP contribution in [0.2, 0.25) is 0 Å². The van der Waals surface area contributed by atoms with Crippen molar-refractivity contribution in [3.63, 3.8) is 0 Å². The smallest absolute Gasteiger partial charge is 0.276 e. The van der Waals surface area contributed by atoms with E-state index in [2.05, 4.69) is 25.6 Å². The van der Waals surface area contributed by atoms with Crippen LogP contribution in [0.3, 0.4) is 0 Å². The third-order valence-electron chi connectivity index (χ3n) is 11.1. The van der Waals surface area contributed by atoms with Crippen molar-refractivity contribution >= 4 is 86.6 Å². The highest BCUT2D eigenvalue weighted by molar-refractivity contribution is 7.98. The van der Waals surface area contributed by atoms with E-state index >= 15 is 0 Å². The number of hydrogen-bond donors (Lipinski definition) is 4. The van der Waals surface area contributed by atoms with Crippen molar-refractivity contribution < 1.29 is 28.7 Å². The summed E-state index contributed by atoms with van der Waals surface area (Å²) >= 11 is 2.71. The lowest BCUT2D eigenvalue weighted by Gasteiger charge is -2.34. The Balaban J connectivity index is 1.23. The summed E-state index contributed by atoms with van der Waals surface area (Å²) in [6.07, 6.45) is 6.90. The third kappa shape index (κ3) is 10.2. The fourth-order valence-electron chi connectivity index (χ4n) is 7.85. The Kier molecular flexibility index (Phi) is 14.3. The molecular weight excluding hydrogens is 871 g/mol. The Morgan fingerprint density at radius 2 is 1.45 bits per heavy atom. The van der Waals surface area contributed by atoms with Gasteiger partial charge in [0.1, 0.15) is 21.8 Å². The SMILES string of the molecule is CCc1nc(C)sc1C(=O)Nc1nc2cc(C(N)=O)cc(OCCCN3CCN(C(C)=O)CC3)c2n1C/C=C/Cn1c(NC(=O)c2cc(C)nn2CC)nc2cc(C(N)=O)cc(SC)c21. The number of imidazole rings is 2. The first-order chi connectivity index (χ1) is 31.2. The summed E-state index contributed by atoms with van der Waals surface area (Å²) in [5.41, 5.74) is 15.8. The number of fused-ring (bicyclic) bond motifs is 2. The van der Waals surface area contributed by atoms with Gasteiger partial charge in [-0.25, -0.2) is 15.0 Å². The number of aromatic nitrogens is 7. The van der Waals surface area contributed by atoms with E-state index in [1.165, 1.54) is 23.1 Å². The highest BCUT2D eigenvalue weighted by Crippen LogP contribution is 2.34. The van der Waals surface area contributed by atoms with E-state index in [0.717, 1.165) is 29.5 Å². The van der Waals surface area contributed by atoms with Crippen molar-refractivity contribution in [3.8, 4) is 5.75 Å². The Morgan fingerprint density at radius 1 is 0.831 bits per heavy atom. The zero-order chi connectivity index (χ0) is 46.5. The highest BCUT2D eigenvalue weighted by atomic mass is 32.2. The number of amides is 5. The largest absolute Gasteiger partial charge is 0.491 e. The number of allylic oxidation sites excluding steroid dienone is 2. The molecule has 0 spiro atoms. The molecule has 0 aliphatic carbocycles. The number of carbonyl (C=O) groups is 5. The third-order valence-corrected chi connectivity index (χ3v) is 12.8. The minimum atomic E-state index is -0.662. The van der Waals surface area contributed by atoms with Gasteiger partial charge in [-0.1, -0.05) is 19.1 Å². The Hall–Kier alpha value is -6.58. The molecule has 1 fully saturated rings. The van der Waals surface area contributed by atoms with Gasteiger partial charge in [0, 0.05) is 75.3 Å². The van der Waals surface area contributed by atoms with Crippen LogP contribution in [-0.4, -0.2) is 119 Å². The number of aryl methyl sites for hydroxylation is 4. The van der Waals surface area contributed by atoms with E-state index in [-0.39, 0.29) is 47.9 Å². The van der Waals surface area contributed by atoms with E-state index in [0.29, 0.717) is 88.9 Å². The molecule has 1 aliphatic heterocycles. The van der Waals surface area contributed by atoms with Crippen LogP contribution in [0, 0.1) is 13.8 Å². The number of primary amides is 2. The average molecular weight is 924 g/mol. The molecule has 0 saturated carbocycles. The number of thioether (sulfide) groups is 1. The first-order valence-corrected chi connectivity index (χ1v) is 23.3. The molecule has 21 heteroatoms. The summed E-state index contributed by atoms with van der Waals surface area (Å²) in [5, 5.41) is 11.1. The minimum Gasteiger partial charge on any atom is -0.491 e. The predicted molar refractivity (Wildman–Crippen MR) is 251 cm³/mol. The molecule has 1 saturated heterocycles. The summed E-state index contributed by atoms with van der Waals surface area (Å²) in [5.74, 6) is -1.15. The van der Waals surface area contributed by atoms with Gasteiger partial charge in [-0.15, -0.1) is 23.1 Å². The number of rotatable bonds is 18. The van der Waals surface area contributed by atoms with Gasteiger partial charge >= 0.3 is 0 Å². The van der Waals surface area contributed by atoms with Crippen LogP contribution < -0.4 is 26.8 Å². The second-order valence-electron chi connectivity index (χ2n) is 15.5. The van der Waals surface area contributed by atoms with Crippen molar-refractivity contribution in [2.24, 2.45) is 11.5 Å². The highest BCUT2D eigenvalue weighted by Gasteiger charge is 2.24. The van der Waals surface area contributed by atoms with Crippen LogP contribution in [-0.2, 0) is 30.8 Å². The Morgan fingerprint density at radius 3 is 2.05 bits per heavy atom. The van der Waals surface area contributed by atoms with Crippen molar-refractivity contribution in [2.45, 2.75) is 72.0 Å². The maximum absolute atomic E-state index is 13.9. The molecule has 2 aromatic carbocycles. The number of anilines is 2. The lowest BCUT2D eigenvalue weighted by atomic mass is 10.1. The quantitative estimate of drug-likeness (QED) is 0.0514. The molecule has 0 unspecified atom stereocenters. The molecule has 6 aromatic rings. The first-order valence-electron chi connectivity index (χ1n) is 21.3. The van der Waals surface area contributed by atoms with Crippen LogP contribution in [0.5, 0.6) is 5.75 Å². The van der Waals surface area contributed by atoms with E-state index in [4.69, 9.17) is 26.2 Å². The number of hydrogen-bond acceptors (Lipinski definition) is 13. The fraction of sp³-hybridized carbons (Fsp3) is 0.386. The maximum atomic E-state index is 13.9. The van der Waals surface area contributed by atoms with Crippen molar-refractivity contribution in [3.05, 3.63) is 80.6 Å². The molecule has 4 aromatic heterocycles. The number of thiazole rings is 1. The molecule has 5 heterocycles. The monoisotopic (exact) mass is 923 g/mol. The van der Waals surface area contributed by atoms with Crippen LogP contribution in [0.1, 0.15) is 84.5 Å². The van der Waals surface area contributed by atoms with Gasteiger partial charge in [0.05, 0.1) is 39.6 Å². The Labute approximate surface area is 383 Å². The van der Waals surface area contributed by atoms with Gasteiger partial charge in [-0.05, 0) is 70.2 Å². The summed E-state index contributed by atoms with van der Waals surface area (Å²) in [7, 11) is 0. The standard InChI is InChI=1S/C44H53N13O6S2/c1-7-30-38(65-26(4)47-30)42(62)51-44-48-31-21-28(39(45)59)23-34(63-19-11-12-53-15-17-54(18-16-53)27(5)58)36(31)55(44)13-9-10-14-56-37-32(22-29(40(46)60)24-35(37)64-6)49-43(56)50-41(61)33-20-25(3)52-57(33)8-2/h9-10,20-24H,7-8,11-19H2,1-6H3,(H2,45,59)(H2,46,60)(H,48,51,62)(H,49,50,61)/b10-9+. The molecule has 5 amide bonds. The zero-order valence-electron chi connectivity index (χ0n) is 37.3. The molecule has 6 N–H and O–H groups in total. The first kappa shape index (κ1) is 46.4. The van der Waals surface area contributed by atoms with E-state index < -0.39 is 17.7 Å². The van der Waals surface area contributed by atoms with Crippen molar-refractivity contribution in [2.75, 3.05) is 56.2 Å². The van der Waals surface area contributed by atoms with Gasteiger partial charge in [-0.3, -0.25) is 44.2 Å². The second kappa shape index (κ2) is 20.1. The topological polar surface area (TPSA) is 244 Å². The van der Waals surface area contributed by atoms with Crippen LogP contribution in [0.4, 0.5) is 11.9 Å². The molecule has 65 heavy (non-hydrogen) atoms. The van der Waals surface area contributed by atoms with E-state index in [1.54, 1.807) is 46.5 Å². The predicted octanol–water partition coefficient (Wildman–Crippen LogP) is 4.85. The second-order valence-corrected chi connectivity index (χ2v) is 17.5. The molecule has 7 rings (SSSR count). The van der Waals surface area contributed by atoms with Crippen molar-refractivity contribution in [1.82, 2.24) is 43.7 Å². The zero-order valence-corrected chi connectivity index (χ0v) is 38.9. The van der Waals surface area contributed by atoms with Gasteiger partial charge < -0.3 is 30.2 Å². The number of ether oxygens (including phenoxy) is 1. The minimum absolute atomic E-state index is 0.0712. The number of nitrogens with two attached hydrogens (primary N) is 2. The van der Waals surface area contributed by atoms with Gasteiger partial charge in [-0.2, -0.15) is 5.10 Å². The molecule has 1 aliphatic rings. The molecular formula is C44H53N13O6S2. The van der Waals surface area contributed by atoms with Gasteiger partial charge in [0.2, 0.25) is 29.6 Å². The number of piperazine rings is 1. The number of carbonyl (C=O) groups excluding carboxylic acids is 5. The number of nitrogens with zero attached hydrogens (tertiary/aromatic N) is 9. The van der Waals surface area contributed by atoms with Crippen molar-refractivity contribution in [1.29, 1.82) is 0 Å². The molecule has 0 bridgehead atoms. The number of benzene rings is 2. The van der Waals surface area contributed by atoms with Gasteiger partial charge in [0.15, 0.2) is 0 Å². The van der Waals surface area contributed by atoms with Crippen LogP contribution in [0.25, 0.3) is 22.1 Å². The van der Waals surface area contributed by atoms with Crippen LogP contribution in [0.15, 0.2) is 47.4 Å². The Bertz CT molecular complexity index is 2830.